The van der Waals surface area contributed by atoms with Gasteiger partial charge in [-0.3, -0.25) is 20.4 Å². The van der Waals surface area contributed by atoms with Gasteiger partial charge in [0.25, 0.3) is 11.8 Å². The number of benzene rings is 1. The van der Waals surface area contributed by atoms with Crippen molar-refractivity contribution in [1.29, 1.82) is 0 Å². The average molecular weight is 393 g/mol. The zero-order valence-electron chi connectivity index (χ0n) is 16.0. The van der Waals surface area contributed by atoms with E-state index < -0.39 is 0 Å². The number of hydrazine groups is 1. The summed E-state index contributed by atoms with van der Waals surface area (Å²) in [4.78, 5) is 35.3. The number of carbonyl (C=O) groups is 2. The molecule has 0 radical (unpaired) electrons. The van der Waals surface area contributed by atoms with E-state index in [0.29, 0.717) is 16.3 Å². The Balaban J connectivity index is 1.58. The first-order chi connectivity index (χ1) is 13.4. The van der Waals surface area contributed by atoms with E-state index >= 15 is 0 Å². The number of nitrogens with one attached hydrogen (secondary N) is 2. The topological polar surface area (TPSA) is 88.9 Å². The summed E-state index contributed by atoms with van der Waals surface area (Å²) in [5.74, 6) is -0.0654. The lowest BCUT2D eigenvalue weighted by Gasteiger charge is -2.06. The van der Waals surface area contributed by atoms with E-state index in [4.69, 9.17) is 0 Å². The Kier molecular flexibility index (Phi) is 4.35. The van der Waals surface area contributed by atoms with Crippen molar-refractivity contribution in [1.82, 2.24) is 25.4 Å². The third-order valence-electron chi connectivity index (χ3n) is 4.72. The first-order valence-electron chi connectivity index (χ1n) is 8.76. The van der Waals surface area contributed by atoms with Crippen LogP contribution in [0.1, 0.15) is 37.1 Å². The Morgan fingerprint density at radius 2 is 1.75 bits per heavy atom. The van der Waals surface area contributed by atoms with Gasteiger partial charge in [-0.2, -0.15) is 0 Å². The smallest absolute Gasteiger partial charge is 0.280 e. The lowest BCUT2D eigenvalue weighted by atomic mass is 10.1. The number of aromatic nitrogens is 3. The van der Waals surface area contributed by atoms with Crippen LogP contribution < -0.4 is 10.9 Å². The average Bonchev–Trinajstić information content (AvgIpc) is 3.17. The zero-order valence-corrected chi connectivity index (χ0v) is 16.8. The standard InChI is InChI=1S/C20H19N5O2S/c1-10-16-11(2)21-12(3)22-20(16)28-17(10)19(27)24-23-18(26)14-9-25(4)15-8-6-5-7-13(14)15/h5-9H,1-4H3,(H,23,26)(H,24,27). The van der Waals surface area contributed by atoms with Gasteiger partial charge < -0.3 is 4.57 Å². The van der Waals surface area contributed by atoms with Crippen LogP contribution >= 0.6 is 11.3 Å². The van der Waals surface area contributed by atoms with Gasteiger partial charge in [0.1, 0.15) is 10.7 Å². The van der Waals surface area contributed by atoms with Crippen molar-refractivity contribution in [3.05, 3.63) is 58.0 Å². The third-order valence-corrected chi connectivity index (χ3v) is 5.90. The third kappa shape index (κ3) is 2.91. The monoisotopic (exact) mass is 393 g/mol. The number of carbonyl (C=O) groups excluding carboxylic acids is 2. The van der Waals surface area contributed by atoms with Crippen molar-refractivity contribution in [3.63, 3.8) is 0 Å². The molecule has 7 nitrogen and oxygen atoms in total. The summed E-state index contributed by atoms with van der Waals surface area (Å²) in [5, 5.41) is 1.72. The number of rotatable bonds is 2. The number of amides is 2. The van der Waals surface area contributed by atoms with E-state index in [2.05, 4.69) is 20.8 Å². The van der Waals surface area contributed by atoms with Crippen LogP contribution in [0, 0.1) is 20.8 Å². The quantitative estimate of drug-likeness (QED) is 0.512. The number of para-hydroxylation sites is 1. The molecule has 2 amide bonds. The second-order valence-electron chi connectivity index (χ2n) is 6.67. The number of hydrogen-bond acceptors (Lipinski definition) is 5. The minimum absolute atomic E-state index is 0.365. The first-order valence-corrected chi connectivity index (χ1v) is 9.57. The lowest BCUT2D eigenvalue weighted by Crippen LogP contribution is -2.41. The van der Waals surface area contributed by atoms with Crippen molar-refractivity contribution >= 4 is 44.3 Å². The maximum absolute atomic E-state index is 12.7. The van der Waals surface area contributed by atoms with E-state index in [1.165, 1.54) is 11.3 Å². The number of fused-ring (bicyclic) bond motifs is 2. The first kappa shape index (κ1) is 18.1. The molecular formula is C20H19N5O2S. The summed E-state index contributed by atoms with van der Waals surface area (Å²) in [6.45, 7) is 5.60. The van der Waals surface area contributed by atoms with Crippen molar-refractivity contribution < 1.29 is 9.59 Å². The molecule has 0 atom stereocenters. The van der Waals surface area contributed by atoms with Crippen molar-refractivity contribution in [2.45, 2.75) is 20.8 Å². The highest BCUT2D eigenvalue weighted by Gasteiger charge is 2.20. The van der Waals surface area contributed by atoms with E-state index in [1.807, 2.05) is 56.7 Å². The maximum Gasteiger partial charge on any atom is 0.280 e. The van der Waals surface area contributed by atoms with Crippen LogP contribution in [-0.4, -0.2) is 26.3 Å². The summed E-state index contributed by atoms with van der Waals surface area (Å²) in [6.07, 6.45) is 1.75. The molecule has 0 bridgehead atoms. The molecule has 1 aromatic carbocycles. The molecule has 8 heteroatoms. The van der Waals surface area contributed by atoms with Crippen LogP contribution in [0.15, 0.2) is 30.5 Å². The second-order valence-corrected chi connectivity index (χ2v) is 7.67. The Hall–Kier alpha value is -3.26. The SMILES string of the molecule is Cc1nc(C)c2c(C)c(C(=O)NNC(=O)c3cn(C)c4ccccc34)sc2n1. The Morgan fingerprint density at radius 1 is 1.04 bits per heavy atom. The van der Waals surface area contributed by atoms with Gasteiger partial charge in [0, 0.05) is 35.2 Å². The highest BCUT2D eigenvalue weighted by atomic mass is 32.1. The van der Waals surface area contributed by atoms with Crippen molar-refractivity contribution in [2.24, 2.45) is 7.05 Å². The molecular weight excluding hydrogens is 374 g/mol. The maximum atomic E-state index is 12.7. The highest BCUT2D eigenvalue weighted by molar-refractivity contribution is 7.20. The Morgan fingerprint density at radius 3 is 2.54 bits per heavy atom. The van der Waals surface area contributed by atoms with Gasteiger partial charge in [-0.05, 0) is 32.4 Å². The van der Waals surface area contributed by atoms with E-state index in [0.717, 1.165) is 32.4 Å². The molecule has 0 unspecified atom stereocenters. The molecule has 2 N–H and O–H groups in total. The number of nitrogens with zero attached hydrogens (tertiary/aromatic N) is 3. The van der Waals surface area contributed by atoms with Gasteiger partial charge in [0.05, 0.1) is 10.4 Å². The fourth-order valence-electron chi connectivity index (χ4n) is 3.45. The Bertz CT molecular complexity index is 1250. The summed E-state index contributed by atoms with van der Waals surface area (Å²) in [5.41, 5.74) is 8.15. The number of hydrogen-bond donors (Lipinski definition) is 2. The van der Waals surface area contributed by atoms with Crippen molar-refractivity contribution in [2.75, 3.05) is 0 Å². The number of thiophene rings is 1. The molecule has 28 heavy (non-hydrogen) atoms. The normalized spacial score (nSPS) is 11.1. The molecule has 0 saturated heterocycles. The lowest BCUT2D eigenvalue weighted by molar-refractivity contribution is 0.0849. The molecule has 4 rings (SSSR count). The fourth-order valence-corrected chi connectivity index (χ4v) is 4.62. The summed E-state index contributed by atoms with van der Waals surface area (Å²) >= 11 is 1.30. The van der Waals surface area contributed by atoms with Gasteiger partial charge in [0.2, 0.25) is 0 Å². The number of aryl methyl sites for hydroxylation is 4. The van der Waals surface area contributed by atoms with Gasteiger partial charge in [0.15, 0.2) is 0 Å². The summed E-state index contributed by atoms with van der Waals surface area (Å²) < 4.78 is 1.88. The molecule has 0 aliphatic rings. The largest absolute Gasteiger partial charge is 0.350 e. The van der Waals surface area contributed by atoms with Gasteiger partial charge >= 0.3 is 0 Å². The van der Waals surface area contributed by atoms with E-state index in [1.54, 1.807) is 6.20 Å². The second kappa shape index (κ2) is 6.72. The van der Waals surface area contributed by atoms with Crippen LogP contribution in [-0.2, 0) is 7.05 Å². The van der Waals surface area contributed by atoms with Gasteiger partial charge in [-0.1, -0.05) is 18.2 Å². The molecule has 0 spiro atoms. The molecule has 142 valence electrons. The summed E-state index contributed by atoms with van der Waals surface area (Å²) in [6, 6.07) is 7.62. The molecule has 4 aromatic rings. The predicted octanol–water partition coefficient (Wildman–Crippen LogP) is 3.18. The van der Waals surface area contributed by atoms with Crippen LogP contribution in [0.2, 0.25) is 0 Å². The summed E-state index contributed by atoms with van der Waals surface area (Å²) in [7, 11) is 1.88. The molecule has 0 aliphatic carbocycles. The molecule has 0 saturated carbocycles. The minimum atomic E-state index is -0.369. The molecule has 0 fully saturated rings. The van der Waals surface area contributed by atoms with E-state index in [9.17, 15) is 9.59 Å². The van der Waals surface area contributed by atoms with Crippen LogP contribution in [0.4, 0.5) is 0 Å². The molecule has 0 aliphatic heterocycles. The fraction of sp³-hybridized carbons (Fsp3) is 0.200. The van der Waals surface area contributed by atoms with Gasteiger partial charge in [-0.25, -0.2) is 9.97 Å². The Labute approximate surface area is 165 Å². The van der Waals surface area contributed by atoms with Crippen LogP contribution in [0.3, 0.4) is 0 Å². The highest BCUT2D eigenvalue weighted by Crippen LogP contribution is 2.31. The van der Waals surface area contributed by atoms with Gasteiger partial charge in [-0.15, -0.1) is 11.3 Å². The van der Waals surface area contributed by atoms with E-state index in [-0.39, 0.29) is 11.8 Å². The van der Waals surface area contributed by atoms with Crippen molar-refractivity contribution in [3.8, 4) is 0 Å². The predicted molar refractivity (Wildman–Crippen MR) is 109 cm³/mol. The molecule has 3 heterocycles. The zero-order chi connectivity index (χ0) is 20.0. The molecule has 3 aromatic heterocycles. The van der Waals surface area contributed by atoms with Crippen LogP contribution in [0.5, 0.6) is 0 Å². The van der Waals surface area contributed by atoms with Crippen LogP contribution in [0.25, 0.3) is 21.1 Å². The minimum Gasteiger partial charge on any atom is -0.350 e.